The number of carbonyl (C=O) groups excluding carboxylic acids is 1. The topological polar surface area (TPSA) is 135 Å². The first kappa shape index (κ1) is 19.1. The third-order valence-corrected chi connectivity index (χ3v) is 5.71. The fourth-order valence-corrected chi connectivity index (χ4v) is 3.67. The maximum Gasteiger partial charge on any atom is 0.242 e. The fourth-order valence-electron chi connectivity index (χ4n) is 1.93. The van der Waals surface area contributed by atoms with Crippen LogP contribution in [0, 0.1) is 0 Å². The van der Waals surface area contributed by atoms with Crippen molar-refractivity contribution in [1.82, 2.24) is 4.72 Å². The van der Waals surface area contributed by atoms with Gasteiger partial charge in [-0.3, -0.25) is 4.79 Å². The minimum absolute atomic E-state index is 0.0483. The number of rotatable bonds is 6. The van der Waals surface area contributed by atoms with E-state index in [9.17, 15) is 21.6 Å². The van der Waals surface area contributed by atoms with Crippen LogP contribution in [0.4, 0.5) is 5.69 Å². The number of carbonyl (C=O) groups is 1. The van der Waals surface area contributed by atoms with Crippen LogP contribution in [0.1, 0.15) is 6.92 Å². The Labute approximate surface area is 146 Å². The lowest BCUT2D eigenvalue weighted by Gasteiger charge is -2.14. The quantitative estimate of drug-likeness (QED) is 0.672. The first-order chi connectivity index (χ1) is 11.6. The van der Waals surface area contributed by atoms with Crippen LogP contribution in [-0.4, -0.2) is 28.8 Å². The fraction of sp³-hybridized carbons (Fsp3) is 0.133. The van der Waals surface area contributed by atoms with Gasteiger partial charge in [0.25, 0.3) is 0 Å². The number of nitrogens with two attached hydrogens (primary N) is 1. The van der Waals surface area contributed by atoms with Crippen molar-refractivity contribution < 1.29 is 21.6 Å². The predicted molar refractivity (Wildman–Crippen MR) is 92.7 cm³/mol. The molecule has 25 heavy (non-hydrogen) atoms. The highest BCUT2D eigenvalue weighted by atomic mass is 32.2. The van der Waals surface area contributed by atoms with Gasteiger partial charge in [-0.15, -0.1) is 0 Å². The molecule has 0 saturated carbocycles. The van der Waals surface area contributed by atoms with E-state index < -0.39 is 32.0 Å². The normalized spacial score (nSPS) is 13.2. The van der Waals surface area contributed by atoms with Gasteiger partial charge in [0.2, 0.25) is 26.0 Å². The average molecular weight is 383 g/mol. The summed E-state index contributed by atoms with van der Waals surface area (Å²) in [5, 5.41) is 7.48. The summed E-state index contributed by atoms with van der Waals surface area (Å²) in [7, 11) is -7.65. The number of primary sulfonamides is 1. The van der Waals surface area contributed by atoms with Crippen LogP contribution in [0.3, 0.4) is 0 Å². The van der Waals surface area contributed by atoms with Crippen LogP contribution < -0.4 is 15.2 Å². The molecule has 8 nitrogen and oxygen atoms in total. The molecule has 2 rings (SSSR count). The minimum Gasteiger partial charge on any atom is -0.325 e. The highest BCUT2D eigenvalue weighted by molar-refractivity contribution is 7.89. The molecule has 4 N–H and O–H groups in total. The van der Waals surface area contributed by atoms with Crippen LogP contribution in [-0.2, 0) is 24.8 Å². The maximum absolute atomic E-state index is 12.2. The SMILES string of the molecule is C[C@@H](NS(=O)(=O)c1ccccc1)C(=O)Nc1ccc(S(N)(=O)=O)cc1. The molecule has 1 atom stereocenters. The van der Waals surface area contributed by atoms with E-state index in [1.165, 1.54) is 43.3 Å². The van der Waals surface area contributed by atoms with Crippen LogP contribution in [0.25, 0.3) is 0 Å². The van der Waals surface area contributed by atoms with Crippen molar-refractivity contribution in [3.05, 3.63) is 54.6 Å². The molecule has 0 fully saturated rings. The molecule has 0 radical (unpaired) electrons. The van der Waals surface area contributed by atoms with Gasteiger partial charge in [0.05, 0.1) is 15.8 Å². The first-order valence-electron chi connectivity index (χ1n) is 7.11. The summed E-state index contributed by atoms with van der Waals surface area (Å²) in [5.74, 6) is -0.595. The zero-order valence-corrected chi connectivity index (χ0v) is 14.8. The summed E-state index contributed by atoms with van der Waals surface area (Å²) < 4.78 is 49.0. The summed E-state index contributed by atoms with van der Waals surface area (Å²) in [6.45, 7) is 1.40. The first-order valence-corrected chi connectivity index (χ1v) is 10.1. The van der Waals surface area contributed by atoms with Crippen LogP contribution >= 0.6 is 0 Å². The van der Waals surface area contributed by atoms with E-state index in [0.717, 1.165) is 0 Å². The summed E-state index contributed by atoms with van der Waals surface area (Å²) in [6, 6.07) is 11.8. The second kappa shape index (κ2) is 7.31. The molecule has 0 unspecified atom stereocenters. The number of anilines is 1. The Bertz CT molecular complexity index is 956. The highest BCUT2D eigenvalue weighted by Crippen LogP contribution is 2.13. The zero-order chi connectivity index (χ0) is 18.7. The summed E-state index contributed by atoms with van der Waals surface area (Å²) in [6.07, 6.45) is 0. The molecule has 134 valence electrons. The van der Waals surface area contributed by atoms with Gasteiger partial charge in [-0.2, -0.15) is 4.72 Å². The number of hydrogen-bond acceptors (Lipinski definition) is 5. The van der Waals surface area contributed by atoms with Crippen molar-refractivity contribution in [2.24, 2.45) is 5.14 Å². The van der Waals surface area contributed by atoms with Crippen molar-refractivity contribution in [3.63, 3.8) is 0 Å². The molecule has 0 heterocycles. The summed E-state index contributed by atoms with van der Waals surface area (Å²) >= 11 is 0. The molecule has 0 aromatic heterocycles. The van der Waals surface area contributed by atoms with Gasteiger partial charge in [0.1, 0.15) is 0 Å². The number of nitrogens with one attached hydrogen (secondary N) is 2. The molecule has 0 bridgehead atoms. The molecule has 0 spiro atoms. The van der Waals surface area contributed by atoms with Crippen molar-refractivity contribution in [1.29, 1.82) is 0 Å². The van der Waals surface area contributed by atoms with Gasteiger partial charge in [-0.25, -0.2) is 22.0 Å². The van der Waals surface area contributed by atoms with E-state index >= 15 is 0 Å². The van der Waals surface area contributed by atoms with Crippen LogP contribution in [0.15, 0.2) is 64.4 Å². The molecule has 0 aliphatic carbocycles. The molecule has 10 heteroatoms. The van der Waals surface area contributed by atoms with E-state index in [-0.39, 0.29) is 9.79 Å². The van der Waals surface area contributed by atoms with Crippen molar-refractivity contribution in [3.8, 4) is 0 Å². The Balaban J connectivity index is 2.06. The van der Waals surface area contributed by atoms with E-state index in [4.69, 9.17) is 5.14 Å². The molecule has 2 aromatic carbocycles. The standard InChI is InChI=1S/C15H17N3O5S2/c1-11(18-25(22,23)14-5-3-2-4-6-14)15(19)17-12-7-9-13(10-8-12)24(16,20)21/h2-11,18H,1H3,(H,17,19)(H2,16,20,21)/t11-/m1/s1. The van der Waals surface area contributed by atoms with Crippen molar-refractivity contribution in [2.45, 2.75) is 22.8 Å². The molecule has 2 aromatic rings. The van der Waals surface area contributed by atoms with Gasteiger partial charge in [-0.1, -0.05) is 18.2 Å². The van der Waals surface area contributed by atoms with E-state index in [0.29, 0.717) is 5.69 Å². The van der Waals surface area contributed by atoms with Gasteiger partial charge < -0.3 is 5.32 Å². The lowest BCUT2D eigenvalue weighted by molar-refractivity contribution is -0.117. The van der Waals surface area contributed by atoms with Crippen LogP contribution in [0.2, 0.25) is 0 Å². The molecule has 0 aliphatic rings. The molecule has 1 amide bonds. The Hall–Kier alpha value is -2.27. The number of hydrogen-bond donors (Lipinski definition) is 3. The van der Waals surface area contributed by atoms with Crippen LogP contribution in [0.5, 0.6) is 0 Å². The van der Waals surface area contributed by atoms with Gasteiger partial charge in [-0.05, 0) is 43.3 Å². The predicted octanol–water partition coefficient (Wildman–Crippen LogP) is 0.640. The van der Waals surface area contributed by atoms with Gasteiger partial charge in [0.15, 0.2) is 0 Å². The Kier molecular flexibility index (Phi) is 5.58. The number of sulfonamides is 2. The second-order valence-electron chi connectivity index (χ2n) is 5.21. The monoisotopic (exact) mass is 383 g/mol. The molecule has 0 aliphatic heterocycles. The maximum atomic E-state index is 12.2. The van der Waals surface area contributed by atoms with Gasteiger partial charge >= 0.3 is 0 Å². The van der Waals surface area contributed by atoms with Crippen molar-refractivity contribution >= 4 is 31.6 Å². The summed E-state index contributed by atoms with van der Waals surface area (Å²) in [5.41, 5.74) is 0.308. The van der Waals surface area contributed by atoms with Gasteiger partial charge in [0, 0.05) is 5.69 Å². The molecule has 0 saturated heterocycles. The lowest BCUT2D eigenvalue weighted by atomic mass is 10.3. The largest absolute Gasteiger partial charge is 0.325 e. The lowest BCUT2D eigenvalue weighted by Crippen LogP contribution is -2.41. The Morgan fingerprint density at radius 2 is 1.48 bits per heavy atom. The third kappa shape index (κ3) is 5.10. The number of amides is 1. The van der Waals surface area contributed by atoms with E-state index in [2.05, 4.69) is 10.0 Å². The van der Waals surface area contributed by atoms with E-state index in [1.54, 1.807) is 18.2 Å². The minimum atomic E-state index is -3.83. The van der Waals surface area contributed by atoms with E-state index in [1.807, 2.05) is 0 Å². The second-order valence-corrected chi connectivity index (χ2v) is 8.49. The zero-order valence-electron chi connectivity index (χ0n) is 13.2. The molecular formula is C15H17N3O5S2. The Morgan fingerprint density at radius 1 is 0.920 bits per heavy atom. The highest BCUT2D eigenvalue weighted by Gasteiger charge is 2.22. The number of benzene rings is 2. The smallest absolute Gasteiger partial charge is 0.242 e. The van der Waals surface area contributed by atoms with Crippen molar-refractivity contribution in [2.75, 3.05) is 5.32 Å². The summed E-state index contributed by atoms with van der Waals surface area (Å²) in [4.78, 5) is 12.1. The Morgan fingerprint density at radius 3 is 2.00 bits per heavy atom. The third-order valence-electron chi connectivity index (χ3n) is 3.23. The molecular weight excluding hydrogens is 366 g/mol. The average Bonchev–Trinajstić information content (AvgIpc) is 2.55.